The van der Waals surface area contributed by atoms with E-state index in [2.05, 4.69) is 0 Å². The second-order valence-electron chi connectivity index (χ2n) is 9.82. The molecule has 0 bridgehead atoms. The van der Waals surface area contributed by atoms with Crippen LogP contribution in [0.2, 0.25) is 0 Å². The molecule has 1 unspecified atom stereocenters. The Morgan fingerprint density at radius 3 is 2.32 bits per heavy atom. The van der Waals surface area contributed by atoms with Crippen molar-refractivity contribution >= 4 is 17.9 Å². The molecule has 2 saturated heterocycles. The summed E-state index contributed by atoms with van der Waals surface area (Å²) >= 11 is 0. The number of hydrogen-bond acceptors (Lipinski definition) is 4. The molecule has 8 nitrogen and oxygen atoms in total. The molecular formula is C23H36N4O4. The zero-order valence-corrected chi connectivity index (χ0v) is 19.5. The van der Waals surface area contributed by atoms with Crippen LogP contribution in [0.4, 0.5) is 4.79 Å². The minimum absolute atomic E-state index is 0.0178. The Morgan fingerprint density at radius 2 is 1.71 bits per heavy atom. The molecular weight excluding hydrogens is 396 g/mol. The first-order valence-electron chi connectivity index (χ1n) is 11.2. The molecule has 0 saturated carbocycles. The second kappa shape index (κ2) is 9.32. The van der Waals surface area contributed by atoms with Crippen LogP contribution >= 0.6 is 0 Å². The van der Waals surface area contributed by atoms with Gasteiger partial charge in [-0.2, -0.15) is 0 Å². The summed E-state index contributed by atoms with van der Waals surface area (Å²) in [6.07, 6.45) is 4.88. The Bertz CT molecular complexity index is 803. The maximum Gasteiger partial charge on any atom is 0.410 e. The van der Waals surface area contributed by atoms with Crippen LogP contribution in [0.15, 0.2) is 18.3 Å². The Kier molecular flexibility index (Phi) is 6.96. The molecule has 31 heavy (non-hydrogen) atoms. The van der Waals surface area contributed by atoms with E-state index in [9.17, 15) is 14.4 Å². The SMILES string of the molecule is CN(C)C(=O)C1CCCN(C(=O)c2cccn2C2CCN(C(=O)OC(C)(C)C)CC2)C1. The van der Waals surface area contributed by atoms with Crippen LogP contribution in [-0.2, 0) is 9.53 Å². The van der Waals surface area contributed by atoms with Crippen molar-refractivity contribution in [1.29, 1.82) is 0 Å². The van der Waals surface area contributed by atoms with Gasteiger partial charge in [0.25, 0.3) is 5.91 Å². The van der Waals surface area contributed by atoms with Crippen LogP contribution in [0.1, 0.15) is 63.0 Å². The lowest BCUT2D eigenvalue weighted by Gasteiger charge is -2.36. The summed E-state index contributed by atoms with van der Waals surface area (Å²) < 4.78 is 7.53. The number of aromatic nitrogens is 1. The van der Waals surface area contributed by atoms with Crippen LogP contribution in [-0.4, -0.2) is 83.0 Å². The number of ether oxygens (including phenoxy) is 1. The van der Waals surface area contributed by atoms with Crippen LogP contribution in [0.3, 0.4) is 0 Å². The van der Waals surface area contributed by atoms with Crippen molar-refractivity contribution in [2.45, 2.75) is 58.1 Å². The van der Waals surface area contributed by atoms with Gasteiger partial charge in [-0.1, -0.05) is 0 Å². The third-order valence-corrected chi connectivity index (χ3v) is 6.01. The largest absolute Gasteiger partial charge is 0.444 e. The van der Waals surface area contributed by atoms with Crippen molar-refractivity contribution in [1.82, 2.24) is 19.3 Å². The molecule has 0 aliphatic carbocycles. The average molecular weight is 433 g/mol. The molecule has 0 radical (unpaired) electrons. The fourth-order valence-electron chi connectivity index (χ4n) is 4.44. The molecule has 0 spiro atoms. The molecule has 3 amide bonds. The topological polar surface area (TPSA) is 75.1 Å². The monoisotopic (exact) mass is 432 g/mol. The first-order chi connectivity index (χ1) is 14.6. The number of rotatable bonds is 3. The fraction of sp³-hybridized carbons (Fsp3) is 0.696. The number of likely N-dealkylation sites (tertiary alicyclic amines) is 2. The Labute approximate surface area is 185 Å². The Hall–Kier alpha value is -2.51. The van der Waals surface area contributed by atoms with Crippen LogP contribution < -0.4 is 0 Å². The molecule has 2 fully saturated rings. The number of hydrogen-bond donors (Lipinski definition) is 0. The van der Waals surface area contributed by atoms with E-state index < -0.39 is 5.60 Å². The van der Waals surface area contributed by atoms with Gasteiger partial charge < -0.3 is 24.0 Å². The van der Waals surface area contributed by atoms with Crippen LogP contribution in [0, 0.1) is 5.92 Å². The van der Waals surface area contributed by atoms with Gasteiger partial charge in [-0.25, -0.2) is 4.79 Å². The third kappa shape index (κ3) is 5.60. The quantitative estimate of drug-likeness (QED) is 0.736. The molecule has 0 aromatic carbocycles. The predicted octanol–water partition coefficient (Wildman–Crippen LogP) is 3.00. The van der Waals surface area contributed by atoms with Crippen molar-refractivity contribution in [3.8, 4) is 0 Å². The highest BCUT2D eigenvalue weighted by molar-refractivity contribution is 5.93. The lowest BCUT2D eigenvalue weighted by Crippen LogP contribution is -2.46. The van der Waals surface area contributed by atoms with E-state index in [-0.39, 0.29) is 29.9 Å². The number of amides is 3. The van der Waals surface area contributed by atoms with E-state index >= 15 is 0 Å². The van der Waals surface area contributed by atoms with E-state index in [1.165, 1.54) is 0 Å². The molecule has 172 valence electrons. The molecule has 1 aromatic heterocycles. The van der Waals surface area contributed by atoms with Gasteiger partial charge >= 0.3 is 6.09 Å². The molecule has 8 heteroatoms. The molecule has 3 heterocycles. The maximum atomic E-state index is 13.3. The standard InChI is InChI=1S/C23H36N4O4/c1-23(2,3)31-22(30)25-14-10-18(11-15-25)27-13-7-9-19(27)21(29)26-12-6-8-17(16-26)20(28)24(4)5/h7,9,13,17-18H,6,8,10-12,14-16H2,1-5H3. The van der Waals surface area contributed by atoms with Crippen molar-refractivity contribution in [2.24, 2.45) is 5.92 Å². The average Bonchev–Trinajstić information content (AvgIpc) is 3.21. The van der Waals surface area contributed by atoms with Crippen molar-refractivity contribution in [3.63, 3.8) is 0 Å². The molecule has 1 atom stereocenters. The van der Waals surface area contributed by atoms with E-state index in [1.807, 2.05) is 48.6 Å². The Morgan fingerprint density at radius 1 is 1.03 bits per heavy atom. The number of carbonyl (C=O) groups excluding carboxylic acids is 3. The van der Waals surface area contributed by atoms with Gasteiger partial charge in [0.2, 0.25) is 5.91 Å². The molecule has 1 aromatic rings. The second-order valence-corrected chi connectivity index (χ2v) is 9.82. The van der Waals surface area contributed by atoms with Crippen LogP contribution in [0.5, 0.6) is 0 Å². The summed E-state index contributed by atoms with van der Waals surface area (Å²) in [7, 11) is 3.52. The van der Waals surface area contributed by atoms with Gasteiger partial charge in [0, 0.05) is 52.5 Å². The van der Waals surface area contributed by atoms with E-state index in [0.717, 1.165) is 25.7 Å². The highest BCUT2D eigenvalue weighted by Gasteiger charge is 2.33. The minimum Gasteiger partial charge on any atom is -0.444 e. The van der Waals surface area contributed by atoms with Gasteiger partial charge in [0.15, 0.2) is 0 Å². The molecule has 0 N–H and O–H groups in total. The molecule has 3 rings (SSSR count). The number of carbonyl (C=O) groups is 3. The highest BCUT2D eigenvalue weighted by atomic mass is 16.6. The smallest absolute Gasteiger partial charge is 0.410 e. The van der Waals surface area contributed by atoms with Crippen molar-refractivity contribution < 1.29 is 19.1 Å². The Balaban J connectivity index is 1.63. The minimum atomic E-state index is -0.506. The molecule has 2 aliphatic rings. The summed E-state index contributed by atoms with van der Waals surface area (Å²) in [5, 5.41) is 0. The third-order valence-electron chi connectivity index (χ3n) is 6.01. The highest BCUT2D eigenvalue weighted by Crippen LogP contribution is 2.27. The van der Waals surface area contributed by atoms with Crippen molar-refractivity contribution in [3.05, 3.63) is 24.0 Å². The van der Waals surface area contributed by atoms with E-state index in [1.54, 1.807) is 23.9 Å². The summed E-state index contributed by atoms with van der Waals surface area (Å²) in [6.45, 7) is 7.96. The normalized spacial score (nSPS) is 20.5. The zero-order valence-electron chi connectivity index (χ0n) is 19.5. The zero-order chi connectivity index (χ0) is 22.8. The van der Waals surface area contributed by atoms with Gasteiger partial charge in [-0.3, -0.25) is 9.59 Å². The fourth-order valence-corrected chi connectivity index (χ4v) is 4.44. The van der Waals surface area contributed by atoms with Gasteiger partial charge in [0.05, 0.1) is 5.92 Å². The summed E-state index contributed by atoms with van der Waals surface area (Å²) in [4.78, 5) is 43.2. The maximum absolute atomic E-state index is 13.3. The van der Waals surface area contributed by atoms with Gasteiger partial charge in [0.1, 0.15) is 11.3 Å². The first kappa shape index (κ1) is 23.2. The lowest BCUT2D eigenvalue weighted by atomic mass is 9.96. The summed E-state index contributed by atoms with van der Waals surface area (Å²) in [6, 6.07) is 3.93. The predicted molar refractivity (Wildman–Crippen MR) is 118 cm³/mol. The molecule has 2 aliphatic heterocycles. The van der Waals surface area contributed by atoms with Gasteiger partial charge in [-0.15, -0.1) is 0 Å². The van der Waals surface area contributed by atoms with E-state index in [0.29, 0.717) is 31.9 Å². The number of nitrogens with zero attached hydrogens (tertiary/aromatic N) is 4. The summed E-state index contributed by atoms with van der Waals surface area (Å²) in [5.41, 5.74) is 0.155. The van der Waals surface area contributed by atoms with Crippen molar-refractivity contribution in [2.75, 3.05) is 40.3 Å². The van der Waals surface area contributed by atoms with Gasteiger partial charge in [-0.05, 0) is 58.6 Å². The van der Waals surface area contributed by atoms with Crippen LogP contribution in [0.25, 0.3) is 0 Å². The summed E-state index contributed by atoms with van der Waals surface area (Å²) in [5.74, 6) is -0.0635. The lowest BCUT2D eigenvalue weighted by molar-refractivity contribution is -0.134. The number of piperidine rings is 2. The first-order valence-corrected chi connectivity index (χ1v) is 11.2. The van der Waals surface area contributed by atoms with E-state index in [4.69, 9.17) is 4.74 Å².